The molecule has 6 nitrogen and oxygen atoms in total. The van der Waals surface area contributed by atoms with Gasteiger partial charge in [-0.15, -0.1) is 11.3 Å². The Hall–Kier alpha value is -1.02. The van der Waals surface area contributed by atoms with E-state index in [1.54, 1.807) is 17.5 Å². The van der Waals surface area contributed by atoms with Crippen LogP contribution in [0.25, 0.3) is 0 Å². The Kier molecular flexibility index (Phi) is 4.62. The summed E-state index contributed by atoms with van der Waals surface area (Å²) < 4.78 is 11.0. The van der Waals surface area contributed by atoms with Gasteiger partial charge in [-0.2, -0.15) is 0 Å². The summed E-state index contributed by atoms with van der Waals surface area (Å²) in [7, 11) is 0. The zero-order chi connectivity index (χ0) is 13.8. The van der Waals surface area contributed by atoms with E-state index in [9.17, 15) is 4.79 Å². The molecule has 0 bridgehead atoms. The fraction of sp³-hybridized carbons (Fsp3) is 0.692. The molecule has 1 aromatic rings. The normalized spacial score (nSPS) is 24.8. The van der Waals surface area contributed by atoms with Crippen molar-refractivity contribution in [3.05, 3.63) is 16.6 Å². The van der Waals surface area contributed by atoms with Gasteiger partial charge in [0.1, 0.15) is 11.1 Å². The van der Waals surface area contributed by atoms with E-state index in [1.807, 2.05) is 10.3 Å². The molecule has 0 N–H and O–H groups in total. The maximum Gasteiger partial charge on any atom is 0.236 e. The molecule has 3 heterocycles. The molecule has 2 fully saturated rings. The molecule has 1 atom stereocenters. The standard InChI is InChI=1S/C13H19N3O3S/c17-12(16-3-5-18-6-4-16)10-15-2-7-19-11(9-15)13-14-1-8-20-13/h1,8,11H,2-7,9-10H2/t11-/m1/s1. The summed E-state index contributed by atoms with van der Waals surface area (Å²) >= 11 is 1.60. The fourth-order valence-corrected chi connectivity index (χ4v) is 3.17. The largest absolute Gasteiger partial charge is 0.378 e. The number of thiazole rings is 1. The van der Waals surface area contributed by atoms with E-state index in [0.29, 0.717) is 39.5 Å². The van der Waals surface area contributed by atoms with Crippen molar-refractivity contribution < 1.29 is 14.3 Å². The molecule has 1 amide bonds. The van der Waals surface area contributed by atoms with Crippen LogP contribution in [0.3, 0.4) is 0 Å². The molecule has 0 spiro atoms. The molecule has 7 heteroatoms. The van der Waals surface area contributed by atoms with Crippen LogP contribution in [0.1, 0.15) is 11.1 Å². The lowest BCUT2D eigenvalue weighted by Crippen LogP contribution is -2.48. The molecule has 0 radical (unpaired) electrons. The van der Waals surface area contributed by atoms with Crippen molar-refractivity contribution in [2.24, 2.45) is 0 Å². The third-order valence-electron chi connectivity index (χ3n) is 3.60. The summed E-state index contributed by atoms with van der Waals surface area (Å²) in [4.78, 5) is 20.6. The highest BCUT2D eigenvalue weighted by Gasteiger charge is 2.26. The van der Waals surface area contributed by atoms with Crippen molar-refractivity contribution in [2.45, 2.75) is 6.10 Å². The van der Waals surface area contributed by atoms with Crippen LogP contribution in [0.5, 0.6) is 0 Å². The number of ether oxygens (including phenoxy) is 2. The number of carbonyl (C=O) groups excluding carboxylic acids is 1. The molecule has 110 valence electrons. The Morgan fingerprint density at radius 3 is 2.95 bits per heavy atom. The average molecular weight is 297 g/mol. The molecule has 1 aromatic heterocycles. The molecule has 2 aliphatic rings. The average Bonchev–Trinajstić information content (AvgIpc) is 3.03. The zero-order valence-corrected chi connectivity index (χ0v) is 12.2. The lowest BCUT2D eigenvalue weighted by Gasteiger charge is -2.34. The number of hydrogen-bond acceptors (Lipinski definition) is 6. The molecule has 0 saturated carbocycles. The molecule has 20 heavy (non-hydrogen) atoms. The highest BCUT2D eigenvalue weighted by Crippen LogP contribution is 2.23. The van der Waals surface area contributed by atoms with E-state index >= 15 is 0 Å². The van der Waals surface area contributed by atoms with Gasteiger partial charge in [0.15, 0.2) is 0 Å². The Morgan fingerprint density at radius 1 is 1.35 bits per heavy atom. The maximum absolute atomic E-state index is 12.2. The van der Waals surface area contributed by atoms with Crippen LogP contribution < -0.4 is 0 Å². The Balaban J connectivity index is 1.53. The van der Waals surface area contributed by atoms with Crippen LogP contribution in [0.15, 0.2) is 11.6 Å². The van der Waals surface area contributed by atoms with Gasteiger partial charge < -0.3 is 14.4 Å². The number of nitrogens with zero attached hydrogens (tertiary/aromatic N) is 3. The minimum absolute atomic E-state index is 0.00115. The highest BCUT2D eigenvalue weighted by molar-refractivity contribution is 7.09. The summed E-state index contributed by atoms with van der Waals surface area (Å²) in [5.41, 5.74) is 0. The smallest absolute Gasteiger partial charge is 0.236 e. The monoisotopic (exact) mass is 297 g/mol. The van der Waals surface area contributed by atoms with Crippen LogP contribution in [-0.4, -0.2) is 73.2 Å². The maximum atomic E-state index is 12.2. The summed E-state index contributed by atoms with van der Waals surface area (Å²) in [6.07, 6.45) is 1.79. The number of rotatable bonds is 3. The third-order valence-corrected chi connectivity index (χ3v) is 4.47. The van der Waals surface area contributed by atoms with E-state index in [4.69, 9.17) is 9.47 Å². The van der Waals surface area contributed by atoms with Crippen LogP contribution in [0.4, 0.5) is 0 Å². The first kappa shape index (κ1) is 13.9. The highest BCUT2D eigenvalue weighted by atomic mass is 32.1. The van der Waals surface area contributed by atoms with Crippen molar-refractivity contribution >= 4 is 17.2 Å². The lowest BCUT2D eigenvalue weighted by molar-refractivity contribution is -0.138. The quantitative estimate of drug-likeness (QED) is 0.807. The topological polar surface area (TPSA) is 54.9 Å². The van der Waals surface area contributed by atoms with Crippen molar-refractivity contribution in [3.8, 4) is 0 Å². The predicted molar refractivity (Wildman–Crippen MR) is 74.6 cm³/mol. The fourth-order valence-electron chi connectivity index (χ4n) is 2.49. The van der Waals surface area contributed by atoms with Gasteiger partial charge in [-0.3, -0.25) is 9.69 Å². The van der Waals surface area contributed by atoms with Crippen LogP contribution in [0.2, 0.25) is 0 Å². The molecular weight excluding hydrogens is 278 g/mol. The number of hydrogen-bond donors (Lipinski definition) is 0. The second kappa shape index (κ2) is 6.62. The Morgan fingerprint density at radius 2 is 2.20 bits per heavy atom. The predicted octanol–water partition coefficient (Wildman–Crippen LogP) is 0.375. The molecular formula is C13H19N3O3S. The number of morpholine rings is 2. The molecule has 0 aromatic carbocycles. The second-order valence-corrected chi connectivity index (χ2v) is 5.88. The van der Waals surface area contributed by atoms with Gasteiger partial charge in [-0.1, -0.05) is 0 Å². The molecule has 3 rings (SSSR count). The van der Waals surface area contributed by atoms with Gasteiger partial charge in [-0.25, -0.2) is 4.98 Å². The van der Waals surface area contributed by atoms with E-state index in [-0.39, 0.29) is 12.0 Å². The Labute approximate surface area is 122 Å². The minimum Gasteiger partial charge on any atom is -0.378 e. The van der Waals surface area contributed by atoms with Crippen molar-refractivity contribution in [1.29, 1.82) is 0 Å². The van der Waals surface area contributed by atoms with Crippen molar-refractivity contribution in [1.82, 2.24) is 14.8 Å². The first-order valence-electron chi connectivity index (χ1n) is 6.92. The van der Waals surface area contributed by atoms with Crippen molar-refractivity contribution in [2.75, 3.05) is 52.5 Å². The van der Waals surface area contributed by atoms with E-state index in [0.717, 1.165) is 18.1 Å². The van der Waals surface area contributed by atoms with Gasteiger partial charge in [-0.05, 0) is 0 Å². The van der Waals surface area contributed by atoms with Crippen LogP contribution in [0, 0.1) is 0 Å². The summed E-state index contributed by atoms with van der Waals surface area (Å²) in [6.45, 7) is 5.37. The number of amides is 1. The van der Waals surface area contributed by atoms with E-state index in [2.05, 4.69) is 9.88 Å². The van der Waals surface area contributed by atoms with Gasteiger partial charge in [0.2, 0.25) is 5.91 Å². The number of aromatic nitrogens is 1. The second-order valence-electron chi connectivity index (χ2n) is 4.96. The van der Waals surface area contributed by atoms with Crippen molar-refractivity contribution in [3.63, 3.8) is 0 Å². The molecule has 0 aliphatic carbocycles. The van der Waals surface area contributed by atoms with Gasteiger partial charge in [0, 0.05) is 37.8 Å². The van der Waals surface area contributed by atoms with Gasteiger partial charge in [0.05, 0.1) is 26.4 Å². The first-order valence-corrected chi connectivity index (χ1v) is 7.80. The zero-order valence-electron chi connectivity index (χ0n) is 11.4. The van der Waals surface area contributed by atoms with Crippen LogP contribution >= 0.6 is 11.3 Å². The summed E-state index contributed by atoms with van der Waals surface area (Å²) in [6, 6.07) is 0. The molecule has 2 saturated heterocycles. The first-order chi connectivity index (χ1) is 9.83. The molecule has 0 unspecified atom stereocenters. The minimum atomic E-state index is 0.00115. The SMILES string of the molecule is O=C(CN1CCO[C@@H](c2nccs2)C1)N1CCOCC1. The van der Waals surface area contributed by atoms with Gasteiger partial charge in [0.25, 0.3) is 0 Å². The van der Waals surface area contributed by atoms with E-state index in [1.165, 1.54) is 0 Å². The van der Waals surface area contributed by atoms with E-state index < -0.39 is 0 Å². The Bertz CT molecular complexity index is 434. The van der Waals surface area contributed by atoms with Crippen LogP contribution in [-0.2, 0) is 14.3 Å². The summed E-state index contributed by atoms with van der Waals surface area (Å²) in [5.74, 6) is 0.188. The lowest BCUT2D eigenvalue weighted by atomic mass is 10.2. The third kappa shape index (κ3) is 3.35. The van der Waals surface area contributed by atoms with Gasteiger partial charge >= 0.3 is 0 Å². The summed E-state index contributed by atoms with van der Waals surface area (Å²) in [5, 5.41) is 2.95. The number of carbonyl (C=O) groups is 1. The molecule has 2 aliphatic heterocycles.